The summed E-state index contributed by atoms with van der Waals surface area (Å²) in [5, 5.41) is 5.45. The van der Waals surface area contributed by atoms with Crippen LogP contribution in [0.2, 0.25) is 0 Å². The van der Waals surface area contributed by atoms with E-state index in [9.17, 15) is 18.0 Å². The SMILES string of the molecule is CNS(=O)(=O)c1ccc(C)c(C(=O)Nc2cccc(OCC(=O)Nc3ccccc3)c2)c1. The first-order chi connectivity index (χ1) is 15.3. The molecule has 3 rings (SSSR count). The number of carbonyl (C=O) groups is 2. The van der Waals surface area contributed by atoms with Crippen molar-refractivity contribution in [1.82, 2.24) is 4.72 Å². The predicted molar refractivity (Wildman–Crippen MR) is 122 cm³/mol. The second kappa shape index (κ2) is 10.1. The third-order valence-corrected chi connectivity index (χ3v) is 5.96. The molecule has 3 N–H and O–H groups in total. The normalized spacial score (nSPS) is 10.9. The molecule has 0 atom stereocenters. The van der Waals surface area contributed by atoms with E-state index in [1.807, 2.05) is 18.2 Å². The molecule has 0 aliphatic carbocycles. The summed E-state index contributed by atoms with van der Waals surface area (Å²) in [6.45, 7) is 1.52. The summed E-state index contributed by atoms with van der Waals surface area (Å²) < 4.78 is 31.8. The van der Waals surface area contributed by atoms with Gasteiger partial charge in [0, 0.05) is 23.0 Å². The minimum Gasteiger partial charge on any atom is -0.484 e. The van der Waals surface area contributed by atoms with Crippen molar-refractivity contribution in [2.24, 2.45) is 0 Å². The van der Waals surface area contributed by atoms with Crippen LogP contribution >= 0.6 is 0 Å². The lowest BCUT2D eigenvalue weighted by atomic mass is 10.1. The number of ether oxygens (including phenoxy) is 1. The zero-order valence-corrected chi connectivity index (χ0v) is 18.4. The zero-order chi connectivity index (χ0) is 23.1. The molecule has 0 saturated carbocycles. The Balaban J connectivity index is 1.66. The van der Waals surface area contributed by atoms with Gasteiger partial charge in [-0.3, -0.25) is 9.59 Å². The van der Waals surface area contributed by atoms with Gasteiger partial charge in [0.05, 0.1) is 4.90 Å². The van der Waals surface area contributed by atoms with Crippen molar-refractivity contribution in [2.75, 3.05) is 24.3 Å². The van der Waals surface area contributed by atoms with E-state index in [1.165, 1.54) is 19.2 Å². The zero-order valence-electron chi connectivity index (χ0n) is 17.6. The van der Waals surface area contributed by atoms with Gasteiger partial charge in [0.2, 0.25) is 10.0 Å². The minimum absolute atomic E-state index is 0.00253. The molecular weight excluding hydrogens is 430 g/mol. The van der Waals surface area contributed by atoms with Crippen molar-refractivity contribution < 1.29 is 22.7 Å². The first kappa shape index (κ1) is 23.0. The number of aryl methyl sites for hydroxylation is 1. The third kappa shape index (κ3) is 5.93. The lowest BCUT2D eigenvalue weighted by Gasteiger charge is -2.12. The van der Waals surface area contributed by atoms with E-state index >= 15 is 0 Å². The molecule has 0 aromatic heterocycles. The van der Waals surface area contributed by atoms with Gasteiger partial charge in [0.25, 0.3) is 11.8 Å². The third-order valence-electron chi connectivity index (χ3n) is 4.55. The van der Waals surface area contributed by atoms with Crippen molar-refractivity contribution in [1.29, 1.82) is 0 Å². The lowest BCUT2D eigenvalue weighted by Crippen LogP contribution is -2.20. The Morgan fingerprint density at radius 2 is 1.59 bits per heavy atom. The Morgan fingerprint density at radius 3 is 2.31 bits per heavy atom. The van der Waals surface area contributed by atoms with Crippen LogP contribution in [0.5, 0.6) is 5.75 Å². The number of para-hydroxylation sites is 1. The van der Waals surface area contributed by atoms with Crippen LogP contribution in [0, 0.1) is 6.92 Å². The van der Waals surface area contributed by atoms with Gasteiger partial charge in [-0.2, -0.15) is 0 Å². The minimum atomic E-state index is -3.68. The van der Waals surface area contributed by atoms with Gasteiger partial charge in [-0.25, -0.2) is 13.1 Å². The van der Waals surface area contributed by atoms with Gasteiger partial charge in [-0.05, 0) is 55.9 Å². The molecule has 9 heteroatoms. The quantitative estimate of drug-likeness (QED) is 0.485. The van der Waals surface area contributed by atoms with E-state index in [2.05, 4.69) is 15.4 Å². The molecule has 32 heavy (non-hydrogen) atoms. The second-order valence-electron chi connectivity index (χ2n) is 6.87. The Labute approximate surface area is 186 Å². The molecule has 2 amide bonds. The lowest BCUT2D eigenvalue weighted by molar-refractivity contribution is -0.118. The van der Waals surface area contributed by atoms with Gasteiger partial charge in [0.1, 0.15) is 5.75 Å². The summed E-state index contributed by atoms with van der Waals surface area (Å²) in [6.07, 6.45) is 0. The molecule has 0 bridgehead atoms. The van der Waals surface area contributed by atoms with E-state index in [0.29, 0.717) is 22.7 Å². The van der Waals surface area contributed by atoms with E-state index in [-0.39, 0.29) is 23.0 Å². The van der Waals surface area contributed by atoms with Crippen LogP contribution in [0.4, 0.5) is 11.4 Å². The largest absolute Gasteiger partial charge is 0.484 e. The average Bonchev–Trinajstić information content (AvgIpc) is 2.78. The smallest absolute Gasteiger partial charge is 0.262 e. The number of anilines is 2. The summed E-state index contributed by atoms with van der Waals surface area (Å²) >= 11 is 0. The van der Waals surface area contributed by atoms with Gasteiger partial charge in [-0.1, -0.05) is 30.3 Å². The monoisotopic (exact) mass is 453 g/mol. The average molecular weight is 454 g/mol. The molecule has 0 unspecified atom stereocenters. The first-order valence-corrected chi connectivity index (χ1v) is 11.2. The molecule has 0 spiro atoms. The topological polar surface area (TPSA) is 114 Å². The number of sulfonamides is 1. The number of hydrogen-bond acceptors (Lipinski definition) is 5. The highest BCUT2D eigenvalue weighted by molar-refractivity contribution is 7.89. The van der Waals surface area contributed by atoms with Crippen LogP contribution in [-0.4, -0.2) is 33.9 Å². The number of benzene rings is 3. The number of hydrogen-bond donors (Lipinski definition) is 3. The van der Waals surface area contributed by atoms with Crippen LogP contribution in [-0.2, 0) is 14.8 Å². The van der Waals surface area contributed by atoms with E-state index in [1.54, 1.807) is 49.4 Å². The van der Waals surface area contributed by atoms with Crippen LogP contribution in [0.25, 0.3) is 0 Å². The maximum absolute atomic E-state index is 12.8. The highest BCUT2D eigenvalue weighted by Gasteiger charge is 2.17. The van der Waals surface area contributed by atoms with Crippen molar-refractivity contribution in [3.8, 4) is 5.75 Å². The summed E-state index contributed by atoms with van der Waals surface area (Å²) in [7, 11) is -2.37. The number of nitrogens with one attached hydrogen (secondary N) is 3. The van der Waals surface area contributed by atoms with Crippen molar-refractivity contribution >= 4 is 33.2 Å². The van der Waals surface area contributed by atoms with Crippen LogP contribution in [0.15, 0.2) is 77.7 Å². The van der Waals surface area contributed by atoms with Gasteiger partial charge < -0.3 is 15.4 Å². The molecule has 166 valence electrons. The fraction of sp³-hybridized carbons (Fsp3) is 0.130. The summed E-state index contributed by atoms with van der Waals surface area (Å²) in [6, 6.07) is 19.9. The van der Waals surface area contributed by atoms with E-state index in [0.717, 1.165) is 0 Å². The van der Waals surface area contributed by atoms with Crippen LogP contribution < -0.4 is 20.1 Å². The Hall–Kier alpha value is -3.69. The van der Waals surface area contributed by atoms with Crippen LogP contribution in [0.1, 0.15) is 15.9 Å². The Bertz CT molecular complexity index is 1230. The molecule has 0 aliphatic rings. The second-order valence-corrected chi connectivity index (χ2v) is 8.76. The summed E-state index contributed by atoms with van der Waals surface area (Å²) in [4.78, 5) is 24.8. The standard InChI is InChI=1S/C23H23N3O5S/c1-16-11-12-20(32(29,30)24-2)14-21(16)23(28)26-18-9-6-10-19(13-18)31-15-22(27)25-17-7-4-3-5-8-17/h3-14,24H,15H2,1-2H3,(H,25,27)(H,26,28). The molecule has 0 fully saturated rings. The molecule has 0 radical (unpaired) electrons. The number of rotatable bonds is 8. The predicted octanol–water partition coefficient (Wildman–Crippen LogP) is 3.17. The highest BCUT2D eigenvalue weighted by Crippen LogP contribution is 2.21. The van der Waals surface area contributed by atoms with E-state index < -0.39 is 15.9 Å². The summed E-state index contributed by atoms with van der Waals surface area (Å²) in [5.74, 6) is -0.382. The molecule has 8 nitrogen and oxygen atoms in total. The molecule has 0 saturated heterocycles. The number of amides is 2. The molecule has 0 aliphatic heterocycles. The van der Waals surface area contributed by atoms with E-state index in [4.69, 9.17) is 4.74 Å². The van der Waals surface area contributed by atoms with Gasteiger partial charge in [0.15, 0.2) is 6.61 Å². The van der Waals surface area contributed by atoms with Crippen molar-refractivity contribution in [2.45, 2.75) is 11.8 Å². The Morgan fingerprint density at radius 1 is 0.875 bits per heavy atom. The van der Waals surface area contributed by atoms with Gasteiger partial charge >= 0.3 is 0 Å². The fourth-order valence-electron chi connectivity index (χ4n) is 2.86. The fourth-order valence-corrected chi connectivity index (χ4v) is 3.62. The molecule has 0 heterocycles. The first-order valence-electron chi connectivity index (χ1n) is 9.72. The van der Waals surface area contributed by atoms with Crippen molar-refractivity contribution in [3.63, 3.8) is 0 Å². The number of carbonyl (C=O) groups excluding carboxylic acids is 2. The maximum atomic E-state index is 12.8. The highest BCUT2D eigenvalue weighted by atomic mass is 32.2. The molecule has 3 aromatic carbocycles. The molecular formula is C23H23N3O5S. The van der Waals surface area contributed by atoms with Gasteiger partial charge in [-0.15, -0.1) is 0 Å². The van der Waals surface area contributed by atoms with Crippen LogP contribution in [0.3, 0.4) is 0 Å². The maximum Gasteiger partial charge on any atom is 0.262 e. The Kier molecular flexibility index (Phi) is 7.24. The molecule has 3 aromatic rings. The summed E-state index contributed by atoms with van der Waals surface area (Å²) in [5.41, 5.74) is 1.97. The van der Waals surface area contributed by atoms with Crippen molar-refractivity contribution in [3.05, 3.63) is 83.9 Å².